The lowest BCUT2D eigenvalue weighted by Crippen LogP contribution is -2.40. The highest BCUT2D eigenvalue weighted by molar-refractivity contribution is 7.80. The Morgan fingerprint density at radius 1 is 0.696 bits per heavy atom. The second-order valence-corrected chi connectivity index (χ2v) is 5.50. The van der Waals surface area contributed by atoms with Gasteiger partial charge in [-0.1, -0.05) is 12.2 Å². The summed E-state index contributed by atoms with van der Waals surface area (Å²) in [5.74, 6) is 0. The molecule has 9 heteroatoms. The number of rotatable bonds is 14. The van der Waals surface area contributed by atoms with Gasteiger partial charge in [-0.15, -0.1) is 0 Å². The molecular weight excluding hydrogens is 312 g/mol. The molecule has 8 nitrogen and oxygen atoms in total. The van der Waals surface area contributed by atoms with Gasteiger partial charge in [-0.2, -0.15) is 0 Å². The van der Waals surface area contributed by atoms with Crippen LogP contribution < -0.4 is 38.9 Å². The third-order valence-corrected chi connectivity index (χ3v) is 3.10. The zero-order valence-corrected chi connectivity index (χ0v) is 15.5. The highest BCUT2D eigenvalue weighted by Crippen LogP contribution is 1.90. The largest absolute Gasteiger partial charge is 0.364 e. The van der Waals surface area contributed by atoms with Crippen molar-refractivity contribution in [1.82, 2.24) is 20.9 Å². The van der Waals surface area contributed by atoms with Crippen LogP contribution in [0.25, 0.3) is 0 Å². The van der Waals surface area contributed by atoms with E-state index in [1.165, 1.54) is 0 Å². The number of thiocarbonyl (C=S) groups is 1. The van der Waals surface area contributed by atoms with Crippen molar-refractivity contribution >= 4 is 17.2 Å². The number of nitrogens with two attached hydrogens (primary N) is 4. The molecule has 0 aromatic carbocycles. The van der Waals surface area contributed by atoms with E-state index < -0.39 is 0 Å². The molecule has 0 aliphatic rings. The summed E-state index contributed by atoms with van der Waals surface area (Å²) >= 11 is 5.19. The summed E-state index contributed by atoms with van der Waals surface area (Å²) in [5, 5.41) is 9.55. The molecule has 0 spiro atoms. The van der Waals surface area contributed by atoms with Crippen LogP contribution in [-0.4, -0.2) is 88.4 Å². The number of nitrogens with one attached hydrogen (secondary N) is 3. The van der Waals surface area contributed by atoms with E-state index in [1.807, 2.05) is 6.92 Å². The first-order valence-electron chi connectivity index (χ1n) is 8.31. The number of nitrogens with zero attached hydrogens (tertiary/aromatic N) is 1. The second-order valence-electron chi connectivity index (χ2n) is 4.91. The van der Waals surface area contributed by atoms with Crippen molar-refractivity contribution in [3.05, 3.63) is 0 Å². The Bertz CT molecular complexity index is 227. The van der Waals surface area contributed by atoms with Crippen LogP contribution in [0.5, 0.6) is 0 Å². The first-order valence-corrected chi connectivity index (χ1v) is 8.72. The maximum absolute atomic E-state index is 5.40. The molecule has 0 aliphatic heterocycles. The lowest BCUT2D eigenvalue weighted by molar-refractivity contribution is 0.408. The van der Waals surface area contributed by atoms with Crippen molar-refractivity contribution in [2.75, 3.05) is 78.5 Å². The van der Waals surface area contributed by atoms with Gasteiger partial charge in [0.05, 0.1) is 4.99 Å². The monoisotopic (exact) mass is 350 g/mol. The topological polar surface area (TPSA) is 143 Å². The molecule has 0 fully saturated rings. The highest BCUT2D eigenvalue weighted by atomic mass is 32.1. The Morgan fingerprint density at radius 2 is 1.00 bits per heavy atom. The average molecular weight is 351 g/mol. The molecule has 0 radical (unpaired) electrons. The number of hydrogen-bond acceptors (Lipinski definition) is 8. The van der Waals surface area contributed by atoms with Gasteiger partial charge in [0.25, 0.3) is 0 Å². The van der Waals surface area contributed by atoms with Gasteiger partial charge < -0.3 is 43.8 Å². The van der Waals surface area contributed by atoms with Crippen LogP contribution in [0, 0.1) is 0 Å². The Kier molecular flexibility index (Phi) is 23.4. The summed E-state index contributed by atoms with van der Waals surface area (Å²) < 4.78 is 0. The van der Waals surface area contributed by atoms with E-state index in [1.54, 1.807) is 0 Å². The van der Waals surface area contributed by atoms with Crippen LogP contribution in [0.2, 0.25) is 0 Å². The van der Waals surface area contributed by atoms with Gasteiger partial charge in [-0.25, -0.2) is 0 Å². The van der Waals surface area contributed by atoms with Crippen LogP contribution >= 0.6 is 12.2 Å². The minimum Gasteiger partial charge on any atom is -0.364 e. The van der Waals surface area contributed by atoms with Crippen molar-refractivity contribution in [3.8, 4) is 0 Å². The lowest BCUT2D eigenvalue weighted by Gasteiger charge is -2.23. The molecule has 23 heavy (non-hydrogen) atoms. The van der Waals surface area contributed by atoms with Gasteiger partial charge >= 0.3 is 0 Å². The minimum absolute atomic E-state index is 0.675. The maximum Gasteiger partial charge on any atom is 0.0748 e. The predicted octanol–water partition coefficient (Wildman–Crippen LogP) is -2.77. The summed E-state index contributed by atoms with van der Waals surface area (Å²) in [5.41, 5.74) is 21.1. The molecule has 0 atom stereocenters. The standard InChI is InChI=1S/C10H25N5S.C4H13N3/c1-10(16)15(8-6-13-4-2-11)9-7-14-5-3-12;5-1-3-7-4-2-6/h13-14H,2-9,11-12H2,1H3;7H,1-6H2. The summed E-state index contributed by atoms with van der Waals surface area (Å²) in [6.07, 6.45) is 0. The molecule has 0 saturated carbocycles. The Balaban J connectivity index is 0. The Labute approximate surface area is 147 Å². The fraction of sp³-hybridized carbons (Fsp3) is 0.929. The van der Waals surface area contributed by atoms with Crippen molar-refractivity contribution in [2.24, 2.45) is 22.9 Å². The molecule has 0 bridgehead atoms. The fourth-order valence-corrected chi connectivity index (χ4v) is 1.82. The van der Waals surface area contributed by atoms with E-state index in [0.717, 1.165) is 57.3 Å². The molecule has 0 aromatic rings. The summed E-state index contributed by atoms with van der Waals surface area (Å²) in [6, 6.07) is 0. The Morgan fingerprint density at radius 3 is 1.26 bits per heavy atom. The van der Waals surface area contributed by atoms with E-state index >= 15 is 0 Å². The lowest BCUT2D eigenvalue weighted by atomic mass is 10.4. The van der Waals surface area contributed by atoms with E-state index in [2.05, 4.69) is 20.9 Å². The normalized spacial score (nSPS) is 10.1. The molecule has 0 amide bonds. The summed E-state index contributed by atoms with van der Waals surface area (Å²) in [6.45, 7) is 11.9. The first kappa shape index (κ1) is 24.9. The molecule has 0 aromatic heterocycles. The average Bonchev–Trinajstić information content (AvgIpc) is 2.54. The Hall–Kier alpha value is -0.390. The van der Waals surface area contributed by atoms with Crippen LogP contribution in [0.3, 0.4) is 0 Å². The van der Waals surface area contributed by atoms with Crippen molar-refractivity contribution in [1.29, 1.82) is 0 Å². The van der Waals surface area contributed by atoms with E-state index in [4.69, 9.17) is 35.2 Å². The quantitative estimate of drug-likeness (QED) is 0.131. The highest BCUT2D eigenvalue weighted by Gasteiger charge is 2.03. The molecule has 0 heterocycles. The molecule has 0 unspecified atom stereocenters. The van der Waals surface area contributed by atoms with Crippen LogP contribution in [0.1, 0.15) is 6.92 Å². The smallest absolute Gasteiger partial charge is 0.0748 e. The van der Waals surface area contributed by atoms with E-state index in [0.29, 0.717) is 26.2 Å². The SMILES string of the molecule is CC(=S)N(CCNCCN)CCNCCN.NCCNCCN. The van der Waals surface area contributed by atoms with Gasteiger partial charge in [-0.05, 0) is 6.92 Å². The van der Waals surface area contributed by atoms with Crippen LogP contribution in [-0.2, 0) is 0 Å². The van der Waals surface area contributed by atoms with Crippen molar-refractivity contribution in [2.45, 2.75) is 6.92 Å². The first-order chi connectivity index (χ1) is 11.1. The maximum atomic E-state index is 5.40. The van der Waals surface area contributed by atoms with Gasteiger partial charge in [0, 0.05) is 78.5 Å². The van der Waals surface area contributed by atoms with Crippen molar-refractivity contribution < 1.29 is 0 Å². The van der Waals surface area contributed by atoms with Crippen molar-refractivity contribution in [3.63, 3.8) is 0 Å². The van der Waals surface area contributed by atoms with Gasteiger partial charge in [0.1, 0.15) is 0 Å². The van der Waals surface area contributed by atoms with Gasteiger partial charge in [0.15, 0.2) is 0 Å². The fourth-order valence-electron chi connectivity index (χ4n) is 1.64. The molecule has 11 N–H and O–H groups in total. The minimum atomic E-state index is 0.675. The zero-order chi connectivity index (χ0) is 17.8. The molecular formula is C14H38N8S. The van der Waals surface area contributed by atoms with Gasteiger partial charge in [-0.3, -0.25) is 0 Å². The third-order valence-electron chi connectivity index (χ3n) is 2.85. The molecule has 0 rings (SSSR count). The van der Waals surface area contributed by atoms with Gasteiger partial charge in [0.2, 0.25) is 0 Å². The predicted molar refractivity (Wildman–Crippen MR) is 105 cm³/mol. The van der Waals surface area contributed by atoms with Crippen LogP contribution in [0.4, 0.5) is 0 Å². The number of hydrogen-bond donors (Lipinski definition) is 7. The summed E-state index contributed by atoms with van der Waals surface area (Å²) in [7, 11) is 0. The third kappa shape index (κ3) is 21.6. The molecule has 0 saturated heterocycles. The van der Waals surface area contributed by atoms with E-state index in [9.17, 15) is 0 Å². The summed E-state index contributed by atoms with van der Waals surface area (Å²) in [4.78, 5) is 3.12. The zero-order valence-electron chi connectivity index (χ0n) is 14.7. The second kappa shape index (κ2) is 21.6. The van der Waals surface area contributed by atoms with E-state index in [-0.39, 0.29) is 0 Å². The molecule has 0 aliphatic carbocycles. The molecule has 140 valence electrons. The van der Waals surface area contributed by atoms with Crippen LogP contribution in [0.15, 0.2) is 0 Å².